The van der Waals surface area contributed by atoms with Gasteiger partial charge in [0.1, 0.15) is 5.82 Å². The Morgan fingerprint density at radius 3 is 2.86 bits per heavy atom. The largest absolute Gasteiger partial charge is 0.353 e. The number of hydrogen-bond donors (Lipinski definition) is 2. The van der Waals surface area contributed by atoms with E-state index in [0.717, 1.165) is 47.8 Å². The highest BCUT2D eigenvalue weighted by Crippen LogP contribution is 2.25. The van der Waals surface area contributed by atoms with Crippen molar-refractivity contribution >= 4 is 34.3 Å². The van der Waals surface area contributed by atoms with Gasteiger partial charge in [-0.15, -0.1) is 0 Å². The molecule has 144 valence electrons. The molecule has 1 fully saturated rings. The zero-order valence-corrected chi connectivity index (χ0v) is 16.5. The number of pyridine rings is 2. The van der Waals surface area contributed by atoms with Crippen molar-refractivity contribution in [1.29, 1.82) is 0 Å². The van der Waals surface area contributed by atoms with Crippen molar-refractivity contribution in [2.24, 2.45) is 4.99 Å². The molecular weight excluding hydrogens is 372 g/mol. The third-order valence-electron chi connectivity index (χ3n) is 4.95. The van der Waals surface area contributed by atoms with E-state index in [0.29, 0.717) is 11.6 Å². The first kappa shape index (κ1) is 18.5. The molecule has 0 bridgehead atoms. The van der Waals surface area contributed by atoms with Crippen LogP contribution < -0.4 is 15.5 Å². The summed E-state index contributed by atoms with van der Waals surface area (Å²) in [7, 11) is 1.79. The maximum atomic E-state index is 6.28. The second-order valence-corrected chi connectivity index (χ2v) is 7.21. The summed E-state index contributed by atoms with van der Waals surface area (Å²) in [6, 6.07) is 14.3. The lowest BCUT2D eigenvalue weighted by atomic mass is 10.1. The van der Waals surface area contributed by atoms with Crippen LogP contribution in [0.3, 0.4) is 0 Å². The van der Waals surface area contributed by atoms with Gasteiger partial charge in [-0.25, -0.2) is 4.98 Å². The van der Waals surface area contributed by atoms with Gasteiger partial charge in [-0.3, -0.25) is 9.98 Å². The molecule has 6 nitrogen and oxygen atoms in total. The number of anilines is 1. The van der Waals surface area contributed by atoms with Crippen molar-refractivity contribution in [3.63, 3.8) is 0 Å². The average molecular weight is 395 g/mol. The molecule has 1 aliphatic rings. The maximum Gasteiger partial charge on any atom is 0.191 e. The van der Waals surface area contributed by atoms with Crippen LogP contribution in [0.1, 0.15) is 12.0 Å². The number of guanidine groups is 1. The summed E-state index contributed by atoms with van der Waals surface area (Å²) in [6.07, 6.45) is 4.61. The number of halogens is 1. The van der Waals surface area contributed by atoms with Crippen molar-refractivity contribution in [1.82, 2.24) is 20.6 Å². The van der Waals surface area contributed by atoms with Crippen LogP contribution in [-0.2, 0) is 6.54 Å². The number of aromatic nitrogens is 2. The van der Waals surface area contributed by atoms with Crippen LogP contribution >= 0.6 is 11.6 Å². The SMILES string of the molecule is CN=C(NCc1cccc2cccnc12)NC1CCN(c2ncccc2Cl)C1. The van der Waals surface area contributed by atoms with Crippen molar-refractivity contribution in [2.45, 2.75) is 19.0 Å². The molecule has 1 aliphatic heterocycles. The second-order valence-electron chi connectivity index (χ2n) is 6.80. The lowest BCUT2D eigenvalue weighted by molar-refractivity contribution is 0.648. The van der Waals surface area contributed by atoms with E-state index in [-0.39, 0.29) is 6.04 Å². The van der Waals surface area contributed by atoms with Crippen molar-refractivity contribution in [3.8, 4) is 0 Å². The first-order chi connectivity index (χ1) is 13.7. The fourth-order valence-electron chi connectivity index (χ4n) is 3.56. The molecule has 1 unspecified atom stereocenters. The summed E-state index contributed by atoms with van der Waals surface area (Å²) >= 11 is 6.28. The topological polar surface area (TPSA) is 65.4 Å². The van der Waals surface area contributed by atoms with Crippen molar-refractivity contribution in [3.05, 3.63) is 65.4 Å². The van der Waals surface area contributed by atoms with E-state index in [9.17, 15) is 0 Å². The monoisotopic (exact) mass is 394 g/mol. The molecule has 2 aromatic heterocycles. The fraction of sp³-hybridized carbons (Fsp3) is 0.286. The average Bonchev–Trinajstić information content (AvgIpc) is 3.19. The van der Waals surface area contributed by atoms with Gasteiger partial charge in [0.05, 0.1) is 10.5 Å². The minimum atomic E-state index is 0.287. The quantitative estimate of drug-likeness (QED) is 0.525. The van der Waals surface area contributed by atoms with Crippen LogP contribution in [0.15, 0.2) is 59.9 Å². The molecule has 2 N–H and O–H groups in total. The Kier molecular flexibility index (Phi) is 5.58. The third kappa shape index (κ3) is 4.02. The first-order valence-electron chi connectivity index (χ1n) is 9.40. The van der Waals surface area contributed by atoms with Crippen LogP contribution in [0.5, 0.6) is 0 Å². The lowest BCUT2D eigenvalue weighted by Crippen LogP contribution is -2.44. The van der Waals surface area contributed by atoms with E-state index >= 15 is 0 Å². The molecule has 3 aromatic rings. The van der Waals surface area contributed by atoms with Crippen LogP contribution in [0, 0.1) is 0 Å². The summed E-state index contributed by atoms with van der Waals surface area (Å²) in [4.78, 5) is 15.5. The standard InChI is InChI=1S/C21H23ClN6/c1-23-21(26-13-16-6-2-5-15-7-3-10-24-19(15)16)27-17-9-12-28(14-17)20-18(22)8-4-11-25-20/h2-8,10-11,17H,9,12-14H2,1H3,(H2,23,26,27). The van der Waals surface area contributed by atoms with Crippen LogP contribution in [0.4, 0.5) is 5.82 Å². The molecule has 0 radical (unpaired) electrons. The minimum absolute atomic E-state index is 0.287. The number of nitrogens with zero attached hydrogens (tertiary/aromatic N) is 4. The molecule has 0 spiro atoms. The Hall–Kier alpha value is -2.86. The van der Waals surface area contributed by atoms with Crippen LogP contribution in [0.25, 0.3) is 10.9 Å². The zero-order chi connectivity index (χ0) is 19.3. The van der Waals surface area contributed by atoms with E-state index in [1.54, 1.807) is 13.2 Å². The predicted molar refractivity (Wildman–Crippen MR) is 115 cm³/mol. The van der Waals surface area contributed by atoms with E-state index in [2.05, 4.69) is 54.8 Å². The Balaban J connectivity index is 1.37. The molecule has 3 heterocycles. The van der Waals surface area contributed by atoms with Gasteiger partial charge in [0.2, 0.25) is 0 Å². The normalized spacial score (nSPS) is 17.1. The van der Waals surface area contributed by atoms with Gasteiger partial charge in [0, 0.05) is 50.5 Å². The molecule has 1 aromatic carbocycles. The summed E-state index contributed by atoms with van der Waals surface area (Å²) in [5.74, 6) is 1.63. The summed E-state index contributed by atoms with van der Waals surface area (Å²) in [6.45, 7) is 2.42. The Bertz CT molecular complexity index is 984. The molecule has 0 aliphatic carbocycles. The second kappa shape index (κ2) is 8.44. The number of para-hydroxylation sites is 1. The Labute approximate surface area is 169 Å². The number of fused-ring (bicyclic) bond motifs is 1. The van der Waals surface area contributed by atoms with Gasteiger partial charge >= 0.3 is 0 Å². The molecule has 28 heavy (non-hydrogen) atoms. The Morgan fingerprint density at radius 1 is 1.18 bits per heavy atom. The molecule has 7 heteroatoms. The van der Waals surface area contributed by atoms with Gasteiger partial charge in [0.15, 0.2) is 5.96 Å². The summed E-state index contributed by atoms with van der Waals surface area (Å²) in [5.41, 5.74) is 2.17. The highest BCUT2D eigenvalue weighted by atomic mass is 35.5. The van der Waals surface area contributed by atoms with E-state index in [4.69, 9.17) is 11.6 Å². The molecule has 1 saturated heterocycles. The third-order valence-corrected chi connectivity index (χ3v) is 5.25. The van der Waals surface area contributed by atoms with Gasteiger partial charge in [-0.05, 0) is 30.2 Å². The van der Waals surface area contributed by atoms with Gasteiger partial charge in [-0.1, -0.05) is 35.9 Å². The van der Waals surface area contributed by atoms with Gasteiger partial charge in [0.25, 0.3) is 0 Å². The van der Waals surface area contributed by atoms with Gasteiger partial charge < -0.3 is 15.5 Å². The number of rotatable bonds is 4. The van der Waals surface area contributed by atoms with E-state index < -0.39 is 0 Å². The molecule has 0 saturated carbocycles. The summed E-state index contributed by atoms with van der Waals surface area (Å²) in [5, 5.41) is 8.75. The van der Waals surface area contributed by atoms with E-state index in [1.165, 1.54) is 0 Å². The van der Waals surface area contributed by atoms with Crippen LogP contribution in [-0.4, -0.2) is 42.1 Å². The van der Waals surface area contributed by atoms with Crippen molar-refractivity contribution < 1.29 is 0 Å². The smallest absolute Gasteiger partial charge is 0.191 e. The van der Waals surface area contributed by atoms with Crippen LogP contribution in [0.2, 0.25) is 5.02 Å². The molecule has 4 rings (SSSR count). The minimum Gasteiger partial charge on any atom is -0.353 e. The Morgan fingerprint density at radius 2 is 2.00 bits per heavy atom. The zero-order valence-electron chi connectivity index (χ0n) is 15.8. The predicted octanol–water partition coefficient (Wildman–Crippen LogP) is 3.23. The highest BCUT2D eigenvalue weighted by Gasteiger charge is 2.25. The summed E-state index contributed by atoms with van der Waals surface area (Å²) < 4.78 is 0. The maximum absolute atomic E-state index is 6.28. The molecule has 1 atom stereocenters. The fourth-order valence-corrected chi connectivity index (χ4v) is 3.80. The van der Waals surface area contributed by atoms with Crippen molar-refractivity contribution in [2.75, 3.05) is 25.0 Å². The lowest BCUT2D eigenvalue weighted by Gasteiger charge is -2.20. The number of aliphatic imine (C=N–C) groups is 1. The highest BCUT2D eigenvalue weighted by molar-refractivity contribution is 6.32. The number of hydrogen-bond acceptors (Lipinski definition) is 4. The first-order valence-corrected chi connectivity index (χ1v) is 9.77. The number of nitrogens with one attached hydrogen (secondary N) is 2. The molecular formula is C21H23ClN6. The van der Waals surface area contributed by atoms with E-state index in [1.807, 2.05) is 24.4 Å². The van der Waals surface area contributed by atoms with Gasteiger partial charge in [-0.2, -0.15) is 0 Å². The molecule has 0 amide bonds. The number of benzene rings is 1.